The van der Waals surface area contributed by atoms with E-state index >= 15 is 0 Å². The smallest absolute Gasteiger partial charge is 0.397 e. The van der Waals surface area contributed by atoms with Crippen molar-refractivity contribution in [1.29, 1.82) is 0 Å². The molecule has 0 bridgehead atoms. The number of carbonyl (C=O) groups is 1. The van der Waals surface area contributed by atoms with Crippen LogP contribution < -0.4 is 11.1 Å². The number of alkyl halides is 3. The number of anilines is 2. The molecule has 0 spiro atoms. The van der Waals surface area contributed by atoms with Crippen molar-refractivity contribution in [1.82, 2.24) is 0 Å². The quantitative estimate of drug-likeness (QED) is 0.105. The Balaban J connectivity index is 1.88. The monoisotopic (exact) mass is 826 g/mol. The molecule has 0 radical (unpaired) electrons. The van der Waals surface area contributed by atoms with Crippen LogP contribution >= 0.6 is 63.7 Å². The van der Waals surface area contributed by atoms with Crippen LogP contribution in [0.2, 0.25) is 0 Å². The van der Waals surface area contributed by atoms with E-state index < -0.39 is 38.5 Å². The minimum Gasteiger partial charge on any atom is -0.397 e. The van der Waals surface area contributed by atoms with Crippen LogP contribution in [0.4, 0.5) is 35.9 Å². The number of rotatable bonds is 5. The van der Waals surface area contributed by atoms with Gasteiger partial charge in [0.05, 0.1) is 11.4 Å². The van der Waals surface area contributed by atoms with E-state index in [0.29, 0.717) is 23.6 Å². The number of azo groups is 1. The number of nitrogen functional groups attached to an aromatic ring is 1. The van der Waals surface area contributed by atoms with E-state index in [0.717, 1.165) is 17.2 Å². The Morgan fingerprint density at radius 3 is 1.85 bits per heavy atom. The third-order valence-corrected chi connectivity index (χ3v) is 8.86. The van der Waals surface area contributed by atoms with Gasteiger partial charge in [0.25, 0.3) is 10.1 Å². The number of fused-ring (bicyclic) bond motifs is 1. The first-order valence-corrected chi connectivity index (χ1v) is 15.3. The number of carbonyl (C=O) groups excluding carboxylic acids is 1. The second-order valence-electron chi connectivity index (χ2n) is 8.08. The predicted molar refractivity (Wildman–Crippen MR) is 160 cm³/mol. The SMILES string of the molecule is Nc1c(Br)cc(-c2cc(Br)c(/N=N/c3cc(S(=O)(=O)O)c4ccccc4c3NC(=O)C(F)(F)F)c(Br)c2)cc1Br. The van der Waals surface area contributed by atoms with Crippen molar-refractivity contribution in [2.75, 3.05) is 11.1 Å². The number of hydrogen-bond donors (Lipinski definition) is 3. The molecule has 208 valence electrons. The van der Waals surface area contributed by atoms with Gasteiger partial charge in [-0.05, 0) is 105 Å². The largest absolute Gasteiger partial charge is 0.471 e. The lowest BCUT2D eigenvalue weighted by atomic mass is 10.1. The number of nitrogens with one attached hydrogen (secondary N) is 1. The molecular weight excluding hydrogens is 817 g/mol. The summed E-state index contributed by atoms with van der Waals surface area (Å²) in [5, 5.41) is 9.58. The molecule has 1 amide bonds. The summed E-state index contributed by atoms with van der Waals surface area (Å²) in [6.45, 7) is 0. The average molecular weight is 830 g/mol. The molecule has 4 N–H and O–H groups in total. The Morgan fingerprint density at radius 1 is 0.850 bits per heavy atom. The fourth-order valence-corrected chi connectivity index (χ4v) is 6.87. The molecule has 0 saturated carbocycles. The molecule has 0 atom stereocenters. The standard InChI is InChI=1S/C24H13Br4F3N4O4S/c25-14-5-10(6-15(26)20(14)32)11-7-16(27)22(17(28)8-11)35-34-18-9-19(40(37,38)39)12-3-1-2-4-13(12)21(18)33-23(36)24(29,30)31/h1-9H,32H2,(H,33,36)(H,37,38,39)/b35-34+. The summed E-state index contributed by atoms with van der Waals surface area (Å²) in [5.74, 6) is -2.30. The van der Waals surface area contributed by atoms with Crippen LogP contribution in [0.1, 0.15) is 0 Å². The van der Waals surface area contributed by atoms with Gasteiger partial charge in [-0.2, -0.15) is 21.6 Å². The maximum absolute atomic E-state index is 13.1. The molecule has 4 aromatic rings. The summed E-state index contributed by atoms with van der Waals surface area (Å²) in [4.78, 5) is 11.2. The molecule has 16 heteroatoms. The molecule has 0 aliphatic rings. The summed E-state index contributed by atoms with van der Waals surface area (Å²) in [5.41, 5.74) is 7.30. The Morgan fingerprint density at radius 2 is 1.35 bits per heavy atom. The molecule has 4 rings (SSSR count). The van der Waals surface area contributed by atoms with Crippen LogP contribution in [0, 0.1) is 0 Å². The van der Waals surface area contributed by atoms with Gasteiger partial charge in [0, 0.05) is 28.7 Å². The second kappa shape index (κ2) is 11.5. The van der Waals surface area contributed by atoms with Crippen molar-refractivity contribution in [3.63, 3.8) is 0 Å². The molecule has 0 saturated heterocycles. The van der Waals surface area contributed by atoms with Crippen LogP contribution in [0.5, 0.6) is 0 Å². The number of hydrogen-bond acceptors (Lipinski definition) is 6. The van der Waals surface area contributed by atoms with Crippen molar-refractivity contribution >= 4 is 113 Å². The second-order valence-corrected chi connectivity index (χ2v) is 12.9. The highest BCUT2D eigenvalue weighted by Gasteiger charge is 2.39. The van der Waals surface area contributed by atoms with Crippen molar-refractivity contribution in [2.24, 2.45) is 10.2 Å². The predicted octanol–water partition coefficient (Wildman–Crippen LogP) is 9.30. The lowest BCUT2D eigenvalue weighted by Crippen LogP contribution is -2.30. The fourth-order valence-electron chi connectivity index (χ4n) is 3.62. The Hall–Kier alpha value is -2.37. The van der Waals surface area contributed by atoms with Crippen LogP contribution in [0.15, 0.2) is 87.6 Å². The molecule has 0 aliphatic heterocycles. The Bertz CT molecular complexity index is 1790. The summed E-state index contributed by atoms with van der Waals surface area (Å²) in [6.07, 6.45) is -5.24. The van der Waals surface area contributed by atoms with Crippen molar-refractivity contribution in [3.05, 3.63) is 72.5 Å². The first kappa shape index (κ1) is 30.6. The van der Waals surface area contributed by atoms with E-state index in [1.165, 1.54) is 24.3 Å². The van der Waals surface area contributed by atoms with Gasteiger partial charge in [-0.25, -0.2) is 0 Å². The van der Waals surface area contributed by atoms with Crippen molar-refractivity contribution < 1.29 is 30.9 Å². The van der Waals surface area contributed by atoms with Gasteiger partial charge in [0.15, 0.2) is 0 Å². The third kappa shape index (κ3) is 6.41. The summed E-state index contributed by atoms with van der Waals surface area (Å²) in [7, 11) is -4.84. The van der Waals surface area contributed by atoms with Crippen molar-refractivity contribution in [3.8, 4) is 11.1 Å². The summed E-state index contributed by atoms with van der Waals surface area (Å²) in [6, 6.07) is 13.2. The molecule has 0 heterocycles. The lowest BCUT2D eigenvalue weighted by molar-refractivity contribution is -0.167. The number of nitrogens with zero attached hydrogens (tertiary/aromatic N) is 2. The van der Waals surface area contributed by atoms with Gasteiger partial charge in [-0.1, -0.05) is 24.3 Å². The minimum absolute atomic E-state index is 0.114. The molecule has 0 aliphatic carbocycles. The highest BCUT2D eigenvalue weighted by atomic mass is 79.9. The van der Waals surface area contributed by atoms with E-state index in [1.807, 2.05) is 0 Å². The molecule has 0 unspecified atom stereocenters. The first-order valence-electron chi connectivity index (χ1n) is 10.6. The molecule has 4 aromatic carbocycles. The van der Waals surface area contributed by atoms with E-state index in [4.69, 9.17) is 5.73 Å². The minimum atomic E-state index is -5.24. The Kier molecular flexibility index (Phi) is 8.78. The van der Waals surface area contributed by atoms with E-state index in [2.05, 4.69) is 73.9 Å². The van der Waals surface area contributed by atoms with Gasteiger partial charge in [-0.3, -0.25) is 9.35 Å². The third-order valence-electron chi connectivity index (χ3n) is 5.45. The summed E-state index contributed by atoms with van der Waals surface area (Å²) >= 11 is 13.6. The van der Waals surface area contributed by atoms with E-state index in [-0.39, 0.29) is 16.5 Å². The van der Waals surface area contributed by atoms with Gasteiger partial charge in [0.2, 0.25) is 0 Å². The molecule has 0 aromatic heterocycles. The number of nitrogens with two attached hydrogens (primary N) is 1. The van der Waals surface area contributed by atoms with Crippen LogP contribution in [0.25, 0.3) is 21.9 Å². The highest BCUT2D eigenvalue weighted by molar-refractivity contribution is 9.11. The zero-order valence-corrected chi connectivity index (χ0v) is 26.6. The zero-order chi connectivity index (χ0) is 29.6. The van der Waals surface area contributed by atoms with E-state index in [9.17, 15) is 30.9 Å². The average Bonchev–Trinajstić information content (AvgIpc) is 2.85. The highest BCUT2D eigenvalue weighted by Crippen LogP contribution is 2.43. The maximum atomic E-state index is 13.1. The topological polar surface area (TPSA) is 134 Å². The lowest BCUT2D eigenvalue weighted by Gasteiger charge is -2.15. The Labute approximate surface area is 258 Å². The normalized spacial score (nSPS) is 12.3. The number of amides is 1. The number of halogens is 7. The van der Waals surface area contributed by atoms with Gasteiger partial charge < -0.3 is 11.1 Å². The molecule has 40 heavy (non-hydrogen) atoms. The van der Waals surface area contributed by atoms with Gasteiger partial charge >= 0.3 is 12.1 Å². The first-order chi connectivity index (χ1) is 18.6. The van der Waals surface area contributed by atoms with Gasteiger partial charge in [-0.15, -0.1) is 10.2 Å². The zero-order valence-electron chi connectivity index (χ0n) is 19.4. The maximum Gasteiger partial charge on any atom is 0.471 e. The number of benzene rings is 4. The molecular formula is C24H13Br4F3N4O4S. The fraction of sp³-hybridized carbons (Fsp3) is 0.0417. The van der Waals surface area contributed by atoms with Crippen LogP contribution in [-0.2, 0) is 14.9 Å². The van der Waals surface area contributed by atoms with Gasteiger partial charge in [0.1, 0.15) is 16.3 Å². The van der Waals surface area contributed by atoms with Crippen LogP contribution in [-0.4, -0.2) is 25.1 Å². The molecule has 0 fully saturated rings. The molecule has 8 nitrogen and oxygen atoms in total. The summed E-state index contributed by atoms with van der Waals surface area (Å²) < 4.78 is 75.5. The van der Waals surface area contributed by atoms with E-state index in [1.54, 1.807) is 29.6 Å². The van der Waals surface area contributed by atoms with Crippen molar-refractivity contribution in [2.45, 2.75) is 11.1 Å². The van der Waals surface area contributed by atoms with Crippen LogP contribution in [0.3, 0.4) is 0 Å².